The van der Waals surface area contributed by atoms with Gasteiger partial charge in [-0.1, -0.05) is 37.6 Å². The van der Waals surface area contributed by atoms with Crippen molar-refractivity contribution in [3.63, 3.8) is 0 Å². The maximum atomic E-state index is 12.2. The Hall–Kier alpha value is -1.59. The summed E-state index contributed by atoms with van der Waals surface area (Å²) in [6.45, 7) is 5.14. The monoisotopic (exact) mass is 337 g/mol. The molecule has 1 saturated heterocycles. The molecule has 23 heavy (non-hydrogen) atoms. The van der Waals surface area contributed by atoms with Gasteiger partial charge < -0.3 is 16.0 Å². The van der Waals surface area contributed by atoms with Gasteiger partial charge in [0.2, 0.25) is 11.8 Å². The average molecular weight is 338 g/mol. The molecule has 1 fully saturated rings. The van der Waals surface area contributed by atoms with Crippen molar-refractivity contribution in [3.05, 3.63) is 34.9 Å². The number of rotatable bonds is 5. The van der Waals surface area contributed by atoms with Gasteiger partial charge in [-0.2, -0.15) is 0 Å². The lowest BCUT2D eigenvalue weighted by Gasteiger charge is -2.19. The molecule has 126 valence electrons. The van der Waals surface area contributed by atoms with Crippen LogP contribution in [0.4, 0.5) is 0 Å². The number of hydrogen-bond donors (Lipinski definition) is 2. The number of nitrogens with two attached hydrogens (primary N) is 1. The first-order chi connectivity index (χ1) is 10.9. The first-order valence-corrected chi connectivity index (χ1v) is 8.32. The minimum Gasteiger partial charge on any atom is -0.346 e. The number of benzene rings is 1. The molecular formula is C17H24ClN3O2. The molecule has 1 aliphatic rings. The fourth-order valence-electron chi connectivity index (χ4n) is 2.69. The van der Waals surface area contributed by atoms with E-state index >= 15 is 0 Å². The molecule has 1 heterocycles. The summed E-state index contributed by atoms with van der Waals surface area (Å²) in [5.74, 6) is 0.0311. The van der Waals surface area contributed by atoms with E-state index < -0.39 is 6.04 Å². The van der Waals surface area contributed by atoms with E-state index in [1.54, 1.807) is 4.90 Å². The molecule has 0 aromatic heterocycles. The number of halogens is 1. The highest BCUT2D eigenvalue weighted by molar-refractivity contribution is 6.30. The van der Waals surface area contributed by atoms with E-state index in [0.717, 1.165) is 6.42 Å². The van der Waals surface area contributed by atoms with Crippen molar-refractivity contribution >= 4 is 23.4 Å². The van der Waals surface area contributed by atoms with Gasteiger partial charge in [0, 0.05) is 24.0 Å². The summed E-state index contributed by atoms with van der Waals surface area (Å²) >= 11 is 5.90. The highest BCUT2D eigenvalue weighted by Crippen LogP contribution is 2.27. The Balaban J connectivity index is 1.83. The van der Waals surface area contributed by atoms with Crippen LogP contribution in [0.15, 0.2) is 24.3 Å². The quantitative estimate of drug-likeness (QED) is 0.859. The van der Waals surface area contributed by atoms with Crippen LogP contribution in [0.5, 0.6) is 0 Å². The maximum absolute atomic E-state index is 12.2. The van der Waals surface area contributed by atoms with E-state index in [4.69, 9.17) is 17.3 Å². The highest BCUT2D eigenvalue weighted by atomic mass is 35.5. The predicted octanol–water partition coefficient (Wildman–Crippen LogP) is 1.76. The molecule has 0 spiro atoms. The minimum absolute atomic E-state index is 0.00654. The molecule has 3 N–H and O–H groups in total. The van der Waals surface area contributed by atoms with Crippen molar-refractivity contribution in [2.75, 3.05) is 19.6 Å². The number of nitrogens with one attached hydrogen (secondary N) is 1. The Morgan fingerprint density at radius 1 is 1.35 bits per heavy atom. The number of carbonyl (C=O) groups excluding carboxylic acids is 2. The molecule has 5 nitrogen and oxygen atoms in total. The van der Waals surface area contributed by atoms with Crippen molar-refractivity contribution < 1.29 is 9.59 Å². The summed E-state index contributed by atoms with van der Waals surface area (Å²) in [6.07, 6.45) is 0.923. The predicted molar refractivity (Wildman–Crippen MR) is 91.2 cm³/mol. The highest BCUT2D eigenvalue weighted by Gasteiger charge is 2.27. The number of likely N-dealkylation sites (tertiary alicyclic amines) is 1. The fourth-order valence-corrected chi connectivity index (χ4v) is 2.81. The molecule has 2 rings (SSSR count). The topological polar surface area (TPSA) is 75.4 Å². The number of nitrogens with zero attached hydrogens (tertiary/aromatic N) is 1. The first-order valence-electron chi connectivity index (χ1n) is 7.95. The zero-order valence-corrected chi connectivity index (χ0v) is 14.3. The third-order valence-electron chi connectivity index (χ3n) is 4.32. The Labute approximate surface area is 142 Å². The van der Waals surface area contributed by atoms with Gasteiger partial charge in [0.05, 0.1) is 12.6 Å². The molecule has 2 amide bonds. The Kier molecular flexibility index (Phi) is 6.02. The second kappa shape index (κ2) is 7.79. The molecule has 2 atom stereocenters. The van der Waals surface area contributed by atoms with E-state index in [0.29, 0.717) is 24.0 Å². The second-order valence-electron chi connectivity index (χ2n) is 6.36. The molecule has 1 aromatic carbocycles. The summed E-state index contributed by atoms with van der Waals surface area (Å²) in [5.41, 5.74) is 6.95. The number of amides is 2. The van der Waals surface area contributed by atoms with Gasteiger partial charge >= 0.3 is 0 Å². The standard InChI is InChI=1S/C17H24ClN3O2/c1-11(2)16(19)17(23)20-9-15(22)21-8-7-13(10-21)12-3-5-14(18)6-4-12/h3-6,11,13,16H,7-10,19H2,1-2H3,(H,20,23)/t13?,16-/m0/s1. The third-order valence-corrected chi connectivity index (χ3v) is 4.57. The molecule has 1 aromatic rings. The molecular weight excluding hydrogens is 314 g/mol. The lowest BCUT2D eigenvalue weighted by atomic mass is 9.99. The number of hydrogen-bond acceptors (Lipinski definition) is 3. The summed E-state index contributed by atoms with van der Waals surface area (Å²) in [5, 5.41) is 3.34. The molecule has 0 radical (unpaired) electrons. The van der Waals surface area contributed by atoms with Crippen LogP contribution in [-0.2, 0) is 9.59 Å². The van der Waals surface area contributed by atoms with Crippen LogP contribution in [0, 0.1) is 5.92 Å². The average Bonchev–Trinajstić information content (AvgIpc) is 3.02. The molecule has 1 aliphatic heterocycles. The SMILES string of the molecule is CC(C)[C@H](N)C(=O)NCC(=O)N1CCC(c2ccc(Cl)cc2)C1. The maximum Gasteiger partial charge on any atom is 0.241 e. The lowest BCUT2D eigenvalue weighted by molar-refractivity contribution is -0.132. The normalized spacial score (nSPS) is 19.0. The van der Waals surface area contributed by atoms with Crippen LogP contribution in [0.1, 0.15) is 31.7 Å². The van der Waals surface area contributed by atoms with Crippen LogP contribution in [0.25, 0.3) is 0 Å². The second-order valence-corrected chi connectivity index (χ2v) is 6.80. The van der Waals surface area contributed by atoms with Crippen LogP contribution in [-0.4, -0.2) is 42.4 Å². The summed E-state index contributed by atoms with van der Waals surface area (Å²) in [7, 11) is 0. The zero-order chi connectivity index (χ0) is 17.0. The Bertz CT molecular complexity index is 559. The summed E-state index contributed by atoms with van der Waals surface area (Å²) in [6, 6.07) is 7.17. The third kappa shape index (κ3) is 4.69. The largest absolute Gasteiger partial charge is 0.346 e. The van der Waals surface area contributed by atoms with Gasteiger partial charge in [-0.3, -0.25) is 9.59 Å². The molecule has 0 saturated carbocycles. The van der Waals surface area contributed by atoms with Crippen molar-refractivity contribution in [2.24, 2.45) is 11.7 Å². The van der Waals surface area contributed by atoms with Crippen molar-refractivity contribution in [1.82, 2.24) is 10.2 Å². The van der Waals surface area contributed by atoms with Gasteiger partial charge in [0.15, 0.2) is 0 Å². The van der Waals surface area contributed by atoms with Gasteiger partial charge in [0.25, 0.3) is 0 Å². The molecule has 1 unspecified atom stereocenters. The summed E-state index contributed by atoms with van der Waals surface area (Å²) in [4.78, 5) is 25.8. The Morgan fingerprint density at radius 2 is 2.00 bits per heavy atom. The van der Waals surface area contributed by atoms with Crippen LogP contribution in [0.2, 0.25) is 5.02 Å². The van der Waals surface area contributed by atoms with Crippen LogP contribution >= 0.6 is 11.6 Å². The van der Waals surface area contributed by atoms with Crippen molar-refractivity contribution in [1.29, 1.82) is 0 Å². The molecule has 0 bridgehead atoms. The van der Waals surface area contributed by atoms with Gasteiger partial charge in [-0.05, 0) is 30.0 Å². The van der Waals surface area contributed by atoms with Crippen molar-refractivity contribution in [2.45, 2.75) is 32.2 Å². The van der Waals surface area contributed by atoms with E-state index in [-0.39, 0.29) is 24.3 Å². The van der Waals surface area contributed by atoms with E-state index in [1.165, 1.54) is 5.56 Å². The lowest BCUT2D eigenvalue weighted by Crippen LogP contribution is -2.47. The summed E-state index contributed by atoms with van der Waals surface area (Å²) < 4.78 is 0. The van der Waals surface area contributed by atoms with Gasteiger partial charge in [0.1, 0.15) is 0 Å². The van der Waals surface area contributed by atoms with E-state index in [1.807, 2.05) is 38.1 Å². The number of carbonyl (C=O) groups is 2. The van der Waals surface area contributed by atoms with E-state index in [9.17, 15) is 9.59 Å². The Morgan fingerprint density at radius 3 is 2.61 bits per heavy atom. The first kappa shape index (κ1) is 17.8. The molecule has 0 aliphatic carbocycles. The molecule has 6 heteroatoms. The zero-order valence-electron chi connectivity index (χ0n) is 13.6. The van der Waals surface area contributed by atoms with Crippen LogP contribution in [0.3, 0.4) is 0 Å². The van der Waals surface area contributed by atoms with Crippen LogP contribution < -0.4 is 11.1 Å². The van der Waals surface area contributed by atoms with E-state index in [2.05, 4.69) is 5.32 Å². The van der Waals surface area contributed by atoms with Gasteiger partial charge in [-0.15, -0.1) is 0 Å². The smallest absolute Gasteiger partial charge is 0.241 e. The van der Waals surface area contributed by atoms with Gasteiger partial charge in [-0.25, -0.2) is 0 Å². The minimum atomic E-state index is -0.580. The fraction of sp³-hybridized carbons (Fsp3) is 0.529. The van der Waals surface area contributed by atoms with Crippen molar-refractivity contribution in [3.8, 4) is 0 Å².